The van der Waals surface area contributed by atoms with Crippen molar-refractivity contribution in [2.45, 2.75) is 0 Å². The molecule has 0 aliphatic rings. The molecule has 0 saturated heterocycles. The maximum Gasteiger partial charge on any atom is 0.240 e. The van der Waals surface area contributed by atoms with Crippen molar-refractivity contribution in [3.05, 3.63) is 334 Å². The van der Waals surface area contributed by atoms with Crippen molar-refractivity contribution in [2.24, 2.45) is 0 Å². The lowest BCUT2D eigenvalue weighted by Crippen LogP contribution is -2.10. The van der Waals surface area contributed by atoms with Gasteiger partial charge in [-0.3, -0.25) is 9.13 Å². The Morgan fingerprint density at radius 2 is 0.468 bits per heavy atom. The molecule has 5 heterocycles. The minimum absolute atomic E-state index is 0.517. The van der Waals surface area contributed by atoms with Crippen LogP contribution in [0.25, 0.3) is 178 Å². The summed E-state index contributed by atoms with van der Waals surface area (Å²) in [5, 5.41) is 9.27. The molecule has 14 aromatic carbocycles. The molecule has 7 heteroatoms. The number of hydrogen-bond donors (Lipinski definition) is 0. The highest BCUT2D eigenvalue weighted by Gasteiger charge is 2.24. The zero-order chi connectivity index (χ0) is 61.8. The normalized spacial score (nSPS) is 11.8. The molecule has 0 unspecified atom stereocenters. The Kier molecular flexibility index (Phi) is 12.1. The van der Waals surface area contributed by atoms with E-state index < -0.39 is 0 Å². The average molecular weight is 1200 g/mol. The van der Waals surface area contributed by atoms with E-state index in [1.54, 1.807) is 0 Å². The smallest absolute Gasteiger partial charge is 0.240 e. The van der Waals surface area contributed by atoms with Crippen LogP contribution in [0.2, 0.25) is 0 Å². The lowest BCUT2D eigenvalue weighted by Gasteiger charge is -2.15. The van der Waals surface area contributed by atoms with Gasteiger partial charge < -0.3 is 9.13 Å². The van der Waals surface area contributed by atoms with Crippen LogP contribution in [0.3, 0.4) is 0 Å². The lowest BCUT2D eigenvalue weighted by atomic mass is 9.91. The Morgan fingerprint density at radius 3 is 0.894 bits per heavy atom. The van der Waals surface area contributed by atoms with Crippen LogP contribution in [0.4, 0.5) is 0 Å². The Hall–Kier alpha value is -12.7. The molecule has 0 amide bonds. The molecule has 0 fully saturated rings. The third kappa shape index (κ3) is 8.56. The van der Waals surface area contributed by atoms with Gasteiger partial charge in [0.05, 0.1) is 44.1 Å². The predicted molar refractivity (Wildman–Crippen MR) is 390 cm³/mol. The summed E-state index contributed by atoms with van der Waals surface area (Å²) in [5.74, 6) is 1.59. The van der Waals surface area contributed by atoms with Crippen LogP contribution in [0, 0.1) is 0 Å². The minimum Gasteiger partial charge on any atom is -0.309 e. The van der Waals surface area contributed by atoms with Crippen LogP contribution in [0.1, 0.15) is 0 Å². The predicted octanol–water partition coefficient (Wildman–Crippen LogP) is 22.3. The molecule has 5 aromatic heterocycles. The Bertz CT molecular complexity index is 5920. The molecular formula is C87H55N7. The van der Waals surface area contributed by atoms with Gasteiger partial charge in [0.1, 0.15) is 0 Å². The molecule has 94 heavy (non-hydrogen) atoms. The Balaban J connectivity index is 0.794. The van der Waals surface area contributed by atoms with Crippen molar-refractivity contribution in [1.82, 2.24) is 33.2 Å². The van der Waals surface area contributed by atoms with Crippen LogP contribution in [-0.2, 0) is 0 Å². The fourth-order valence-electron chi connectivity index (χ4n) is 14.7. The monoisotopic (exact) mass is 1200 g/mol. The highest BCUT2D eigenvalue weighted by Crippen LogP contribution is 2.43. The first kappa shape index (κ1) is 53.2. The molecule has 0 saturated carbocycles. The van der Waals surface area contributed by atoms with Crippen LogP contribution < -0.4 is 0 Å². The van der Waals surface area contributed by atoms with Gasteiger partial charge in [-0.15, -0.1) is 0 Å². The number of nitrogens with zero attached hydrogens (tertiary/aromatic N) is 7. The van der Waals surface area contributed by atoms with E-state index in [0.29, 0.717) is 17.7 Å². The number of benzene rings is 14. The molecule has 438 valence electrons. The molecule has 19 aromatic rings. The summed E-state index contributed by atoms with van der Waals surface area (Å²) in [5.41, 5.74) is 23.2. The lowest BCUT2D eigenvalue weighted by molar-refractivity contribution is 0.893. The van der Waals surface area contributed by atoms with Crippen molar-refractivity contribution in [3.63, 3.8) is 0 Å². The number of aromatic nitrogens is 7. The maximum atomic E-state index is 5.65. The summed E-state index contributed by atoms with van der Waals surface area (Å²) in [4.78, 5) is 16.8. The molecule has 0 radical (unpaired) electrons. The summed E-state index contributed by atoms with van der Waals surface area (Å²) in [6.07, 6.45) is 0. The van der Waals surface area contributed by atoms with Gasteiger partial charge in [-0.25, -0.2) is 0 Å². The molecular weight excluding hydrogens is 1140 g/mol. The summed E-state index contributed by atoms with van der Waals surface area (Å²) >= 11 is 0. The first-order valence-electron chi connectivity index (χ1n) is 32.0. The summed E-state index contributed by atoms with van der Waals surface area (Å²) in [7, 11) is 0. The van der Waals surface area contributed by atoms with Crippen molar-refractivity contribution >= 4 is 87.2 Å². The molecule has 19 rings (SSSR count). The number of fused-ring (bicyclic) bond motifs is 12. The topological polar surface area (TPSA) is 58.4 Å². The third-order valence-corrected chi connectivity index (χ3v) is 19.0. The van der Waals surface area contributed by atoms with E-state index in [2.05, 4.69) is 352 Å². The minimum atomic E-state index is 0.517. The largest absolute Gasteiger partial charge is 0.309 e. The van der Waals surface area contributed by atoms with Crippen LogP contribution in [-0.4, -0.2) is 33.2 Å². The SMILES string of the molecule is c1ccc(-c2ccc(-c3cccc(-c4nc(-n5c6ccccc6c6cc(-c7ccc8c(c7)c7ccccc7n8-c7ccccc7)ccc65)nc(-n5c6ccccc6c6cc(-c7ccc8c(c7)c7ccccc7n8-c7ccccc7)ccc65)n4)c3)cc2-c2ccccc2)cc1. The number of para-hydroxylation sites is 6. The fraction of sp³-hybridized carbons (Fsp3) is 0. The molecule has 0 atom stereocenters. The van der Waals surface area contributed by atoms with E-state index in [0.717, 1.165) is 105 Å². The van der Waals surface area contributed by atoms with Crippen LogP contribution in [0.15, 0.2) is 334 Å². The van der Waals surface area contributed by atoms with E-state index in [9.17, 15) is 0 Å². The van der Waals surface area contributed by atoms with Gasteiger partial charge in [-0.05, 0) is 165 Å². The van der Waals surface area contributed by atoms with E-state index >= 15 is 0 Å². The van der Waals surface area contributed by atoms with Crippen molar-refractivity contribution < 1.29 is 0 Å². The second-order valence-electron chi connectivity index (χ2n) is 24.3. The van der Waals surface area contributed by atoms with E-state index in [1.807, 2.05) is 0 Å². The van der Waals surface area contributed by atoms with Crippen LogP contribution in [0.5, 0.6) is 0 Å². The maximum absolute atomic E-state index is 5.65. The third-order valence-electron chi connectivity index (χ3n) is 19.0. The van der Waals surface area contributed by atoms with E-state index in [4.69, 9.17) is 15.0 Å². The first-order chi connectivity index (χ1) is 46.6. The fourth-order valence-corrected chi connectivity index (χ4v) is 14.7. The quantitative estimate of drug-likeness (QED) is 0.137. The zero-order valence-corrected chi connectivity index (χ0v) is 50.9. The van der Waals surface area contributed by atoms with Gasteiger partial charge in [0.2, 0.25) is 11.9 Å². The van der Waals surface area contributed by atoms with Gasteiger partial charge in [-0.1, -0.05) is 224 Å². The van der Waals surface area contributed by atoms with Crippen molar-refractivity contribution in [1.29, 1.82) is 0 Å². The average Bonchev–Trinajstić information content (AvgIpc) is 1.56. The molecule has 7 nitrogen and oxygen atoms in total. The number of rotatable bonds is 10. The van der Waals surface area contributed by atoms with Gasteiger partial charge in [0.15, 0.2) is 5.82 Å². The Morgan fingerprint density at radius 1 is 0.170 bits per heavy atom. The molecule has 0 N–H and O–H groups in total. The van der Waals surface area contributed by atoms with E-state index in [-0.39, 0.29) is 0 Å². The standard InChI is InChI=1S/C87H55N7/c1-5-22-56(23-6-1)67-45-40-59(51-72(67)57-24-7-2-8-25-57)58-26-21-27-64(50-58)85-88-86(93-79-38-19-15-34-70(79)75-54-62(43-48-83(75)93)60-41-46-81-73(52-60)68-32-13-17-36-77(68)91(81)65-28-9-3-10-29-65)90-87(89-85)94-80-39-20-16-35-71(80)76-55-63(44-49-84(76)94)61-42-47-82-74(53-61)69-33-14-18-37-78(69)92(82)66-30-11-4-12-31-66/h1-55H. The molecule has 0 bridgehead atoms. The first-order valence-corrected chi connectivity index (χ1v) is 32.0. The van der Waals surface area contributed by atoms with Gasteiger partial charge in [0, 0.05) is 60.0 Å². The van der Waals surface area contributed by atoms with Gasteiger partial charge in [-0.2, -0.15) is 15.0 Å². The van der Waals surface area contributed by atoms with Crippen molar-refractivity contribution in [2.75, 3.05) is 0 Å². The second-order valence-corrected chi connectivity index (χ2v) is 24.3. The van der Waals surface area contributed by atoms with E-state index in [1.165, 1.54) is 54.7 Å². The highest BCUT2D eigenvalue weighted by molar-refractivity contribution is 6.15. The highest BCUT2D eigenvalue weighted by atomic mass is 15.3. The van der Waals surface area contributed by atoms with Gasteiger partial charge >= 0.3 is 0 Å². The summed E-state index contributed by atoms with van der Waals surface area (Å²) < 4.78 is 9.20. The second kappa shape index (κ2) is 21.5. The van der Waals surface area contributed by atoms with Gasteiger partial charge in [0.25, 0.3) is 0 Å². The summed E-state index contributed by atoms with van der Waals surface area (Å²) in [6, 6.07) is 120. The van der Waals surface area contributed by atoms with Crippen molar-refractivity contribution in [3.8, 4) is 90.3 Å². The zero-order valence-electron chi connectivity index (χ0n) is 50.9. The molecule has 0 aliphatic carbocycles. The Labute approximate surface area is 541 Å². The summed E-state index contributed by atoms with van der Waals surface area (Å²) in [6.45, 7) is 0. The molecule has 0 spiro atoms. The molecule has 0 aliphatic heterocycles. The number of hydrogen-bond acceptors (Lipinski definition) is 3. The van der Waals surface area contributed by atoms with Crippen LogP contribution >= 0.6 is 0 Å².